The standard InChI is InChI=1S/C13H18N4O2S/c14-13-16-9(7-20-13)6-11(18)17-5-1-2-10(17)12(19)15-8-3-4-8/h7-8,10H,1-6H2,(H2,14,16)(H,15,19). The number of nitrogens with zero attached hydrogens (tertiary/aromatic N) is 2. The van der Waals surface area contributed by atoms with Crippen molar-refractivity contribution in [3.8, 4) is 0 Å². The zero-order valence-electron chi connectivity index (χ0n) is 11.2. The average molecular weight is 294 g/mol. The summed E-state index contributed by atoms with van der Waals surface area (Å²) < 4.78 is 0. The van der Waals surface area contributed by atoms with Crippen LogP contribution in [0.25, 0.3) is 0 Å². The van der Waals surface area contributed by atoms with E-state index >= 15 is 0 Å². The Kier molecular flexibility index (Phi) is 3.60. The zero-order valence-corrected chi connectivity index (χ0v) is 12.0. The second-order valence-corrected chi connectivity index (χ2v) is 6.27. The maximum Gasteiger partial charge on any atom is 0.243 e. The van der Waals surface area contributed by atoms with Crippen molar-refractivity contribution in [1.29, 1.82) is 0 Å². The first kappa shape index (κ1) is 13.4. The molecule has 7 heteroatoms. The number of anilines is 1. The first-order valence-corrected chi connectivity index (χ1v) is 7.81. The van der Waals surface area contributed by atoms with Gasteiger partial charge in [0.05, 0.1) is 12.1 Å². The van der Waals surface area contributed by atoms with Crippen LogP contribution in [-0.4, -0.2) is 40.3 Å². The van der Waals surface area contributed by atoms with E-state index in [1.165, 1.54) is 11.3 Å². The molecule has 2 heterocycles. The SMILES string of the molecule is Nc1nc(CC(=O)N2CCCC2C(=O)NC2CC2)cs1. The first-order valence-electron chi connectivity index (χ1n) is 6.93. The van der Waals surface area contributed by atoms with Crippen LogP contribution in [0.4, 0.5) is 5.13 Å². The molecule has 108 valence electrons. The molecule has 2 fully saturated rings. The van der Waals surface area contributed by atoms with E-state index in [4.69, 9.17) is 5.73 Å². The van der Waals surface area contributed by atoms with Crippen LogP contribution in [0.15, 0.2) is 5.38 Å². The van der Waals surface area contributed by atoms with Gasteiger partial charge in [0, 0.05) is 18.0 Å². The van der Waals surface area contributed by atoms with E-state index in [1.54, 1.807) is 10.3 Å². The molecule has 1 aliphatic carbocycles. The predicted octanol–water partition coefficient (Wildman–Crippen LogP) is 0.537. The van der Waals surface area contributed by atoms with Gasteiger partial charge in [0.25, 0.3) is 0 Å². The third kappa shape index (κ3) is 2.92. The van der Waals surface area contributed by atoms with Gasteiger partial charge >= 0.3 is 0 Å². The summed E-state index contributed by atoms with van der Waals surface area (Å²) in [7, 11) is 0. The molecule has 1 saturated heterocycles. The molecule has 1 saturated carbocycles. The molecular weight excluding hydrogens is 276 g/mol. The Labute approximate surface area is 121 Å². The van der Waals surface area contributed by atoms with E-state index in [0.717, 1.165) is 25.7 Å². The smallest absolute Gasteiger partial charge is 0.243 e. The molecule has 1 unspecified atom stereocenters. The maximum absolute atomic E-state index is 12.3. The number of nitrogen functional groups attached to an aromatic ring is 1. The van der Waals surface area contributed by atoms with Crippen molar-refractivity contribution in [2.45, 2.75) is 44.2 Å². The lowest BCUT2D eigenvalue weighted by Gasteiger charge is -2.23. The van der Waals surface area contributed by atoms with Crippen molar-refractivity contribution < 1.29 is 9.59 Å². The van der Waals surface area contributed by atoms with Gasteiger partial charge < -0.3 is 16.0 Å². The normalized spacial score (nSPS) is 22.0. The van der Waals surface area contributed by atoms with Crippen LogP contribution in [0.5, 0.6) is 0 Å². The van der Waals surface area contributed by atoms with Crippen LogP contribution in [0.3, 0.4) is 0 Å². The Hall–Kier alpha value is -1.63. The largest absolute Gasteiger partial charge is 0.375 e. The minimum absolute atomic E-state index is 0.00357. The van der Waals surface area contributed by atoms with Crippen LogP contribution in [-0.2, 0) is 16.0 Å². The minimum atomic E-state index is -0.306. The summed E-state index contributed by atoms with van der Waals surface area (Å²) in [6, 6.07) is 0.0254. The quantitative estimate of drug-likeness (QED) is 0.848. The highest BCUT2D eigenvalue weighted by Crippen LogP contribution is 2.23. The molecule has 1 atom stereocenters. The fourth-order valence-electron chi connectivity index (χ4n) is 2.52. The Morgan fingerprint density at radius 3 is 2.90 bits per heavy atom. The molecule has 1 aromatic rings. The number of nitrogens with one attached hydrogen (secondary N) is 1. The molecule has 0 radical (unpaired) electrons. The van der Waals surface area contributed by atoms with Crippen LogP contribution in [0.1, 0.15) is 31.4 Å². The van der Waals surface area contributed by atoms with Crippen molar-refractivity contribution >= 4 is 28.3 Å². The van der Waals surface area contributed by atoms with Gasteiger partial charge in [-0.3, -0.25) is 9.59 Å². The number of hydrogen-bond donors (Lipinski definition) is 2. The lowest BCUT2D eigenvalue weighted by molar-refractivity contribution is -0.138. The number of likely N-dealkylation sites (tertiary alicyclic amines) is 1. The molecule has 3 N–H and O–H groups in total. The number of nitrogens with two attached hydrogens (primary N) is 1. The van der Waals surface area contributed by atoms with E-state index in [2.05, 4.69) is 10.3 Å². The number of carbonyl (C=O) groups is 2. The number of carbonyl (C=O) groups excluding carboxylic acids is 2. The number of hydrogen-bond acceptors (Lipinski definition) is 5. The minimum Gasteiger partial charge on any atom is -0.375 e. The maximum atomic E-state index is 12.3. The monoisotopic (exact) mass is 294 g/mol. The summed E-state index contributed by atoms with van der Waals surface area (Å²) in [5.41, 5.74) is 6.25. The Morgan fingerprint density at radius 2 is 2.25 bits per heavy atom. The lowest BCUT2D eigenvalue weighted by Crippen LogP contribution is -2.47. The fourth-order valence-corrected chi connectivity index (χ4v) is 3.09. The first-order chi connectivity index (χ1) is 9.63. The molecule has 6 nitrogen and oxygen atoms in total. The summed E-state index contributed by atoms with van der Waals surface area (Å²) in [5.74, 6) is -0.0418. The summed E-state index contributed by atoms with van der Waals surface area (Å²) in [5, 5.41) is 5.25. The molecule has 2 aliphatic rings. The third-order valence-electron chi connectivity index (χ3n) is 3.70. The lowest BCUT2D eigenvalue weighted by atomic mass is 10.2. The van der Waals surface area contributed by atoms with Gasteiger partial charge in [-0.2, -0.15) is 0 Å². The molecule has 20 heavy (non-hydrogen) atoms. The summed E-state index contributed by atoms with van der Waals surface area (Å²) in [6.45, 7) is 0.654. The fraction of sp³-hybridized carbons (Fsp3) is 0.615. The van der Waals surface area contributed by atoms with E-state index < -0.39 is 0 Å². The molecule has 0 bridgehead atoms. The second kappa shape index (κ2) is 5.40. The summed E-state index contributed by atoms with van der Waals surface area (Å²) in [4.78, 5) is 30.2. The summed E-state index contributed by atoms with van der Waals surface area (Å²) in [6.07, 6.45) is 3.98. The Morgan fingerprint density at radius 1 is 1.45 bits per heavy atom. The van der Waals surface area contributed by atoms with Crippen molar-refractivity contribution in [2.75, 3.05) is 12.3 Å². The van der Waals surface area contributed by atoms with E-state index in [0.29, 0.717) is 23.4 Å². The molecule has 1 aliphatic heterocycles. The number of amides is 2. The zero-order chi connectivity index (χ0) is 14.1. The Bertz CT molecular complexity index is 526. The Balaban J connectivity index is 1.61. The summed E-state index contributed by atoms with van der Waals surface area (Å²) >= 11 is 1.33. The highest BCUT2D eigenvalue weighted by Gasteiger charge is 2.36. The number of aromatic nitrogens is 1. The highest BCUT2D eigenvalue weighted by molar-refractivity contribution is 7.13. The predicted molar refractivity (Wildman–Crippen MR) is 76.1 cm³/mol. The van der Waals surface area contributed by atoms with Crippen molar-refractivity contribution in [3.05, 3.63) is 11.1 Å². The van der Waals surface area contributed by atoms with E-state index in [-0.39, 0.29) is 24.3 Å². The van der Waals surface area contributed by atoms with Crippen LogP contribution >= 0.6 is 11.3 Å². The van der Waals surface area contributed by atoms with Gasteiger partial charge in [0.15, 0.2) is 5.13 Å². The van der Waals surface area contributed by atoms with Crippen molar-refractivity contribution in [3.63, 3.8) is 0 Å². The molecule has 1 aromatic heterocycles. The van der Waals surface area contributed by atoms with Gasteiger partial charge in [-0.1, -0.05) is 0 Å². The van der Waals surface area contributed by atoms with Crippen LogP contribution < -0.4 is 11.1 Å². The number of rotatable bonds is 4. The second-order valence-electron chi connectivity index (χ2n) is 5.38. The van der Waals surface area contributed by atoms with Gasteiger partial charge in [0.2, 0.25) is 11.8 Å². The highest BCUT2D eigenvalue weighted by atomic mass is 32.1. The van der Waals surface area contributed by atoms with Gasteiger partial charge in [-0.05, 0) is 25.7 Å². The van der Waals surface area contributed by atoms with Crippen LogP contribution in [0.2, 0.25) is 0 Å². The molecule has 0 aromatic carbocycles. The molecule has 2 amide bonds. The van der Waals surface area contributed by atoms with Crippen molar-refractivity contribution in [2.24, 2.45) is 0 Å². The van der Waals surface area contributed by atoms with Gasteiger partial charge in [-0.15, -0.1) is 11.3 Å². The van der Waals surface area contributed by atoms with Gasteiger partial charge in [-0.25, -0.2) is 4.98 Å². The molecule has 0 spiro atoms. The van der Waals surface area contributed by atoms with Crippen LogP contribution in [0, 0.1) is 0 Å². The third-order valence-corrected chi connectivity index (χ3v) is 4.42. The van der Waals surface area contributed by atoms with Gasteiger partial charge in [0.1, 0.15) is 6.04 Å². The molecule has 3 rings (SSSR count). The topological polar surface area (TPSA) is 88.3 Å². The van der Waals surface area contributed by atoms with Crippen molar-refractivity contribution in [1.82, 2.24) is 15.2 Å². The number of thiazole rings is 1. The average Bonchev–Trinajstić information content (AvgIpc) is 2.92. The van der Waals surface area contributed by atoms with E-state index in [9.17, 15) is 9.59 Å². The van der Waals surface area contributed by atoms with E-state index in [1.807, 2.05) is 0 Å². The molecular formula is C13H18N4O2S.